The monoisotopic (exact) mass is 408 g/mol. The van der Waals surface area contributed by atoms with Crippen LogP contribution in [0, 0.1) is 0 Å². The van der Waals surface area contributed by atoms with E-state index in [1.807, 2.05) is 65.5 Å². The SMILES string of the molecule is O=C(C=Cc1cc[n+](Cc2cccc(Cl)c2Cl)cc1)c1cc2ccccc2o1. The molecule has 0 aliphatic rings. The maximum Gasteiger partial charge on any atom is 0.221 e. The number of para-hydroxylation sites is 1. The molecule has 0 spiro atoms. The zero-order valence-corrected chi connectivity index (χ0v) is 16.3. The predicted octanol–water partition coefficient (Wildman–Crippen LogP) is 5.97. The maximum absolute atomic E-state index is 12.4. The van der Waals surface area contributed by atoms with Gasteiger partial charge in [0.05, 0.1) is 10.0 Å². The number of furan rings is 1. The van der Waals surface area contributed by atoms with Gasteiger partial charge in [-0.1, -0.05) is 59.6 Å². The molecule has 3 nitrogen and oxygen atoms in total. The van der Waals surface area contributed by atoms with Crippen LogP contribution in [0.5, 0.6) is 0 Å². The van der Waals surface area contributed by atoms with Gasteiger partial charge in [0.15, 0.2) is 24.7 Å². The number of benzene rings is 2. The van der Waals surface area contributed by atoms with Gasteiger partial charge >= 0.3 is 0 Å². The summed E-state index contributed by atoms with van der Waals surface area (Å²) in [5.41, 5.74) is 2.57. The molecule has 5 heteroatoms. The lowest BCUT2D eigenvalue weighted by molar-refractivity contribution is -0.688. The summed E-state index contributed by atoms with van der Waals surface area (Å²) in [7, 11) is 0. The Bertz CT molecular complexity index is 1140. The summed E-state index contributed by atoms with van der Waals surface area (Å²) in [6, 6.07) is 18.8. The van der Waals surface area contributed by atoms with Crippen LogP contribution >= 0.6 is 23.2 Å². The lowest BCUT2D eigenvalue weighted by Gasteiger charge is -2.02. The number of hydrogen-bond acceptors (Lipinski definition) is 2. The standard InChI is InChI=1S/C23H16Cl2NO2/c24-19-6-3-5-18(23(19)25)15-26-12-10-16(11-13-26)8-9-20(27)22-14-17-4-1-2-7-21(17)28-22/h1-14H,15H2/q+1. The molecule has 0 saturated heterocycles. The lowest BCUT2D eigenvalue weighted by Crippen LogP contribution is -2.33. The summed E-state index contributed by atoms with van der Waals surface area (Å²) in [5, 5.41) is 2.03. The third-order valence-electron chi connectivity index (χ3n) is 4.40. The van der Waals surface area contributed by atoms with Crippen molar-refractivity contribution < 1.29 is 13.8 Å². The van der Waals surface area contributed by atoms with Crippen LogP contribution in [-0.4, -0.2) is 5.78 Å². The Morgan fingerprint density at radius 2 is 1.79 bits per heavy atom. The molecule has 0 aliphatic carbocycles. The molecular formula is C23H16Cl2NO2+. The molecular weight excluding hydrogens is 393 g/mol. The van der Waals surface area contributed by atoms with Gasteiger partial charge < -0.3 is 4.42 Å². The van der Waals surface area contributed by atoms with Crippen molar-refractivity contribution in [1.82, 2.24) is 0 Å². The van der Waals surface area contributed by atoms with Crippen LogP contribution in [-0.2, 0) is 6.54 Å². The van der Waals surface area contributed by atoms with Crippen LogP contribution < -0.4 is 4.57 Å². The Morgan fingerprint density at radius 1 is 1.00 bits per heavy atom. The van der Waals surface area contributed by atoms with E-state index < -0.39 is 0 Å². The minimum atomic E-state index is -0.168. The van der Waals surface area contributed by atoms with Gasteiger partial charge in [0, 0.05) is 23.1 Å². The molecule has 0 atom stereocenters. The van der Waals surface area contributed by atoms with E-state index in [2.05, 4.69) is 0 Å². The minimum absolute atomic E-state index is 0.168. The van der Waals surface area contributed by atoms with E-state index >= 15 is 0 Å². The zero-order valence-electron chi connectivity index (χ0n) is 14.8. The first-order valence-corrected chi connectivity index (χ1v) is 9.49. The van der Waals surface area contributed by atoms with Gasteiger partial charge in [0.25, 0.3) is 0 Å². The number of carbonyl (C=O) groups excluding carboxylic acids is 1. The molecule has 2 heterocycles. The molecule has 0 aliphatic heterocycles. The maximum atomic E-state index is 12.4. The number of aromatic nitrogens is 1. The lowest BCUT2D eigenvalue weighted by atomic mass is 10.2. The van der Waals surface area contributed by atoms with Crippen LogP contribution in [0.1, 0.15) is 21.7 Å². The number of carbonyl (C=O) groups is 1. The molecule has 2 aromatic carbocycles. The molecule has 2 aromatic heterocycles. The first-order chi connectivity index (χ1) is 13.6. The van der Waals surface area contributed by atoms with E-state index in [-0.39, 0.29) is 5.78 Å². The van der Waals surface area contributed by atoms with E-state index in [4.69, 9.17) is 27.6 Å². The number of fused-ring (bicyclic) bond motifs is 1. The van der Waals surface area contributed by atoms with Crippen molar-refractivity contribution in [3.63, 3.8) is 0 Å². The second kappa shape index (κ2) is 8.01. The molecule has 0 radical (unpaired) electrons. The smallest absolute Gasteiger partial charge is 0.221 e. The second-order valence-corrected chi connectivity index (χ2v) is 7.15. The highest BCUT2D eigenvalue weighted by molar-refractivity contribution is 6.42. The molecule has 0 fully saturated rings. The molecule has 0 N–H and O–H groups in total. The number of pyridine rings is 1. The number of allylic oxidation sites excluding steroid dienone is 1. The van der Waals surface area contributed by atoms with Gasteiger partial charge in [-0.25, -0.2) is 4.57 Å². The molecule has 0 saturated carbocycles. The summed E-state index contributed by atoms with van der Waals surface area (Å²) in [6.45, 7) is 0.612. The number of ketones is 1. The number of nitrogens with zero attached hydrogens (tertiary/aromatic N) is 1. The largest absolute Gasteiger partial charge is 0.453 e. The normalized spacial score (nSPS) is 11.4. The first-order valence-electron chi connectivity index (χ1n) is 8.73. The van der Waals surface area contributed by atoms with E-state index in [0.29, 0.717) is 27.9 Å². The molecule has 4 rings (SSSR count). The Morgan fingerprint density at radius 3 is 2.57 bits per heavy atom. The van der Waals surface area contributed by atoms with E-state index in [1.165, 1.54) is 6.08 Å². The summed E-state index contributed by atoms with van der Waals surface area (Å²) in [6.07, 6.45) is 7.16. The van der Waals surface area contributed by atoms with Crippen molar-refractivity contribution in [3.8, 4) is 0 Å². The van der Waals surface area contributed by atoms with Gasteiger partial charge in [0.1, 0.15) is 5.58 Å². The van der Waals surface area contributed by atoms with Crippen molar-refractivity contribution in [2.24, 2.45) is 0 Å². The van der Waals surface area contributed by atoms with E-state index in [9.17, 15) is 4.79 Å². The van der Waals surface area contributed by atoms with Crippen LogP contribution in [0.3, 0.4) is 0 Å². The molecule has 138 valence electrons. The average molecular weight is 409 g/mol. The Labute approximate surface area is 172 Å². The van der Waals surface area contributed by atoms with Crippen LogP contribution in [0.25, 0.3) is 17.0 Å². The second-order valence-electron chi connectivity index (χ2n) is 6.36. The van der Waals surface area contributed by atoms with Gasteiger partial charge in [-0.3, -0.25) is 4.79 Å². The fourth-order valence-electron chi connectivity index (χ4n) is 2.91. The topological polar surface area (TPSA) is 34.1 Å². The number of halogens is 2. The Kier molecular flexibility index (Phi) is 5.29. The van der Waals surface area contributed by atoms with E-state index in [0.717, 1.165) is 16.5 Å². The van der Waals surface area contributed by atoms with Crippen molar-refractivity contribution in [1.29, 1.82) is 0 Å². The molecule has 0 amide bonds. The molecule has 0 bridgehead atoms. The average Bonchev–Trinajstić information content (AvgIpc) is 3.15. The fraction of sp³-hybridized carbons (Fsp3) is 0.0435. The van der Waals surface area contributed by atoms with Crippen LogP contribution in [0.15, 0.2) is 83.6 Å². The fourth-order valence-corrected chi connectivity index (χ4v) is 3.29. The summed E-state index contributed by atoms with van der Waals surface area (Å²) < 4.78 is 7.59. The Balaban J connectivity index is 1.46. The quantitative estimate of drug-likeness (QED) is 0.231. The van der Waals surface area contributed by atoms with Crippen molar-refractivity contribution >= 4 is 46.0 Å². The zero-order chi connectivity index (χ0) is 19.5. The molecule has 4 aromatic rings. The van der Waals surface area contributed by atoms with Gasteiger partial charge in [-0.2, -0.15) is 0 Å². The summed E-state index contributed by atoms with van der Waals surface area (Å²) in [5.74, 6) is 0.165. The summed E-state index contributed by atoms with van der Waals surface area (Å²) >= 11 is 12.3. The van der Waals surface area contributed by atoms with Gasteiger partial charge in [-0.15, -0.1) is 0 Å². The molecule has 0 unspecified atom stereocenters. The van der Waals surface area contributed by atoms with Crippen molar-refractivity contribution in [2.75, 3.05) is 0 Å². The summed E-state index contributed by atoms with van der Waals surface area (Å²) in [4.78, 5) is 12.4. The minimum Gasteiger partial charge on any atom is -0.453 e. The highest BCUT2D eigenvalue weighted by Gasteiger charge is 2.10. The molecule has 28 heavy (non-hydrogen) atoms. The first kappa shape index (κ1) is 18.5. The highest BCUT2D eigenvalue weighted by atomic mass is 35.5. The number of rotatable bonds is 5. The van der Waals surface area contributed by atoms with E-state index in [1.54, 1.807) is 18.2 Å². The van der Waals surface area contributed by atoms with Gasteiger partial charge in [0.2, 0.25) is 5.78 Å². The van der Waals surface area contributed by atoms with Crippen LogP contribution in [0.2, 0.25) is 10.0 Å². The van der Waals surface area contributed by atoms with Crippen LogP contribution in [0.4, 0.5) is 0 Å². The Hall–Kier alpha value is -2.88. The van der Waals surface area contributed by atoms with Crippen molar-refractivity contribution in [3.05, 3.63) is 106 Å². The third-order valence-corrected chi connectivity index (χ3v) is 5.25. The predicted molar refractivity (Wildman–Crippen MR) is 112 cm³/mol. The van der Waals surface area contributed by atoms with Gasteiger partial charge in [-0.05, 0) is 29.8 Å². The van der Waals surface area contributed by atoms with Crippen molar-refractivity contribution in [2.45, 2.75) is 6.54 Å². The number of hydrogen-bond donors (Lipinski definition) is 0. The highest BCUT2D eigenvalue weighted by Crippen LogP contribution is 2.25. The third kappa shape index (κ3) is 4.01.